The molecule has 44 heavy (non-hydrogen) atoms. The number of hydrogen-bond donors (Lipinski definition) is 1. The van der Waals surface area contributed by atoms with Gasteiger partial charge >= 0.3 is 6.03 Å². The molecular formula is C35H36N6O2S. The van der Waals surface area contributed by atoms with Gasteiger partial charge in [-0.05, 0) is 42.5 Å². The molecular weight excluding hydrogens is 568 g/mol. The van der Waals surface area contributed by atoms with Crippen molar-refractivity contribution in [3.63, 3.8) is 0 Å². The maximum atomic E-state index is 13.8. The van der Waals surface area contributed by atoms with Crippen LogP contribution in [-0.4, -0.2) is 62.2 Å². The van der Waals surface area contributed by atoms with E-state index in [0.717, 1.165) is 38.9 Å². The van der Waals surface area contributed by atoms with E-state index in [9.17, 15) is 9.59 Å². The van der Waals surface area contributed by atoms with Crippen molar-refractivity contribution >= 4 is 29.0 Å². The molecule has 1 unspecified atom stereocenters. The molecule has 6 rings (SSSR count). The molecule has 8 nitrogen and oxygen atoms in total. The summed E-state index contributed by atoms with van der Waals surface area (Å²) in [6.07, 6.45) is 1.66. The minimum absolute atomic E-state index is 0.0487. The number of amides is 3. The van der Waals surface area contributed by atoms with Crippen molar-refractivity contribution in [1.29, 1.82) is 0 Å². The summed E-state index contributed by atoms with van der Waals surface area (Å²) >= 11 is 1.51. The quantitative estimate of drug-likeness (QED) is 0.218. The van der Waals surface area contributed by atoms with Crippen LogP contribution >= 0.6 is 11.3 Å². The van der Waals surface area contributed by atoms with Gasteiger partial charge in [0, 0.05) is 42.3 Å². The molecule has 3 aromatic carbocycles. The van der Waals surface area contributed by atoms with Crippen LogP contribution in [0.5, 0.6) is 0 Å². The van der Waals surface area contributed by atoms with E-state index < -0.39 is 0 Å². The molecule has 1 aliphatic rings. The van der Waals surface area contributed by atoms with Crippen LogP contribution in [0.4, 0.5) is 10.5 Å². The fourth-order valence-electron chi connectivity index (χ4n) is 5.70. The number of aromatic nitrogens is 3. The van der Waals surface area contributed by atoms with Gasteiger partial charge in [0.15, 0.2) is 0 Å². The van der Waals surface area contributed by atoms with Gasteiger partial charge < -0.3 is 15.1 Å². The van der Waals surface area contributed by atoms with E-state index >= 15 is 0 Å². The average Bonchev–Trinajstić information content (AvgIpc) is 3.70. The van der Waals surface area contributed by atoms with E-state index in [1.807, 2.05) is 66.6 Å². The van der Waals surface area contributed by atoms with E-state index in [2.05, 4.69) is 60.7 Å². The van der Waals surface area contributed by atoms with Gasteiger partial charge in [0.2, 0.25) is 5.13 Å². The molecule has 5 aromatic rings. The average molecular weight is 605 g/mol. The Morgan fingerprint density at radius 3 is 2.30 bits per heavy atom. The Kier molecular flexibility index (Phi) is 8.30. The lowest BCUT2D eigenvalue weighted by atomic mass is 10.0. The zero-order valence-corrected chi connectivity index (χ0v) is 26.2. The Balaban J connectivity index is 1.17. The molecule has 2 aromatic heterocycles. The third-order valence-electron chi connectivity index (χ3n) is 8.11. The third kappa shape index (κ3) is 5.88. The van der Waals surface area contributed by atoms with E-state index in [4.69, 9.17) is 4.98 Å². The summed E-state index contributed by atoms with van der Waals surface area (Å²) in [5.74, 6) is -0.0217. The molecule has 1 atom stereocenters. The predicted molar refractivity (Wildman–Crippen MR) is 176 cm³/mol. The standard InChI is InChI=1S/C35H36N6O2S/c1-23(2)32-29(33(42)39-18-19-40(25(4)21-39)34(43)37-30-13-9-8-10-24(30)3)20-36-41(32)35-38-31(22-44-35)28-16-14-27(15-17-28)26-11-6-5-7-12-26/h5-17,20,22-23,25H,18-19,21H2,1-4H3,(H,37,43). The summed E-state index contributed by atoms with van der Waals surface area (Å²) in [7, 11) is 0. The monoisotopic (exact) mass is 604 g/mol. The van der Waals surface area contributed by atoms with Crippen molar-refractivity contribution in [3.8, 4) is 27.5 Å². The lowest BCUT2D eigenvalue weighted by Crippen LogP contribution is -2.56. The molecule has 1 N–H and O–H groups in total. The zero-order chi connectivity index (χ0) is 30.8. The van der Waals surface area contributed by atoms with Gasteiger partial charge in [-0.2, -0.15) is 5.10 Å². The van der Waals surface area contributed by atoms with Gasteiger partial charge in [0.25, 0.3) is 5.91 Å². The van der Waals surface area contributed by atoms with E-state index in [1.54, 1.807) is 15.8 Å². The van der Waals surface area contributed by atoms with Crippen LogP contribution < -0.4 is 5.32 Å². The van der Waals surface area contributed by atoms with Gasteiger partial charge in [0.1, 0.15) is 0 Å². The number of anilines is 1. The number of benzene rings is 3. The summed E-state index contributed by atoms with van der Waals surface area (Å²) in [5.41, 5.74) is 7.45. The molecule has 0 radical (unpaired) electrons. The van der Waals surface area contributed by atoms with Crippen LogP contribution in [0.3, 0.4) is 0 Å². The Morgan fingerprint density at radius 2 is 1.59 bits per heavy atom. The minimum atomic E-state index is -0.149. The van der Waals surface area contributed by atoms with Crippen LogP contribution in [-0.2, 0) is 0 Å². The lowest BCUT2D eigenvalue weighted by Gasteiger charge is -2.39. The van der Waals surface area contributed by atoms with Crippen molar-refractivity contribution < 1.29 is 9.59 Å². The molecule has 1 aliphatic heterocycles. The molecule has 0 aliphatic carbocycles. The second-order valence-electron chi connectivity index (χ2n) is 11.5. The van der Waals surface area contributed by atoms with Crippen LogP contribution in [0, 0.1) is 6.92 Å². The van der Waals surface area contributed by atoms with Gasteiger partial charge in [-0.1, -0.05) is 86.6 Å². The first-order chi connectivity index (χ1) is 21.3. The molecule has 3 amide bonds. The first-order valence-electron chi connectivity index (χ1n) is 14.9. The normalized spacial score (nSPS) is 15.1. The summed E-state index contributed by atoms with van der Waals surface area (Å²) in [6, 6.07) is 26.1. The van der Waals surface area contributed by atoms with Crippen molar-refractivity contribution in [2.75, 3.05) is 25.0 Å². The summed E-state index contributed by atoms with van der Waals surface area (Å²) < 4.78 is 1.81. The van der Waals surface area contributed by atoms with Crippen LogP contribution in [0.25, 0.3) is 27.5 Å². The Morgan fingerprint density at radius 1 is 0.909 bits per heavy atom. The number of carbonyl (C=O) groups is 2. The Labute approximate surface area is 262 Å². The topological polar surface area (TPSA) is 83.4 Å². The van der Waals surface area contributed by atoms with Gasteiger partial charge in [0.05, 0.1) is 23.1 Å². The summed E-state index contributed by atoms with van der Waals surface area (Å²) in [4.78, 5) is 35.4. The SMILES string of the molecule is Cc1ccccc1NC(=O)N1CCN(C(=O)c2cnn(-c3nc(-c4ccc(-c5ccccc5)cc4)cs3)c2C(C)C)CC1C. The highest BCUT2D eigenvalue weighted by Gasteiger charge is 2.33. The van der Waals surface area contributed by atoms with Gasteiger partial charge in [-0.15, -0.1) is 11.3 Å². The molecule has 224 valence electrons. The fourth-order valence-corrected chi connectivity index (χ4v) is 6.51. The predicted octanol–water partition coefficient (Wildman–Crippen LogP) is 7.47. The minimum Gasteiger partial charge on any atom is -0.335 e. The molecule has 1 saturated heterocycles. The molecule has 0 saturated carbocycles. The number of rotatable bonds is 6. The summed E-state index contributed by atoms with van der Waals surface area (Å²) in [6.45, 7) is 9.44. The Bertz CT molecular complexity index is 1780. The maximum absolute atomic E-state index is 13.8. The Hall–Kier alpha value is -4.76. The van der Waals surface area contributed by atoms with Crippen LogP contribution in [0.2, 0.25) is 0 Å². The smallest absolute Gasteiger partial charge is 0.322 e. The number of piperazine rings is 1. The van der Waals surface area contributed by atoms with E-state index in [1.165, 1.54) is 16.9 Å². The number of hydrogen-bond acceptors (Lipinski definition) is 5. The second kappa shape index (κ2) is 12.5. The first-order valence-corrected chi connectivity index (χ1v) is 15.8. The highest BCUT2D eigenvalue weighted by Crippen LogP contribution is 2.30. The van der Waals surface area contributed by atoms with Crippen LogP contribution in [0.1, 0.15) is 48.3 Å². The highest BCUT2D eigenvalue weighted by atomic mass is 32.1. The molecule has 1 fully saturated rings. The number of carbonyl (C=O) groups excluding carboxylic acids is 2. The number of nitrogens with one attached hydrogen (secondary N) is 1. The van der Waals surface area contributed by atoms with Crippen molar-refractivity contribution in [2.24, 2.45) is 0 Å². The van der Waals surface area contributed by atoms with Crippen LogP contribution in [0.15, 0.2) is 90.4 Å². The van der Waals surface area contributed by atoms with Gasteiger partial charge in [-0.25, -0.2) is 14.5 Å². The second-order valence-corrected chi connectivity index (χ2v) is 12.3. The zero-order valence-electron chi connectivity index (χ0n) is 25.4. The van der Waals surface area contributed by atoms with Crippen molar-refractivity contribution in [1.82, 2.24) is 24.6 Å². The largest absolute Gasteiger partial charge is 0.335 e. The number of aryl methyl sites for hydroxylation is 1. The number of urea groups is 1. The maximum Gasteiger partial charge on any atom is 0.322 e. The van der Waals surface area contributed by atoms with E-state index in [-0.39, 0.29) is 23.9 Å². The van der Waals surface area contributed by atoms with Crippen molar-refractivity contribution in [3.05, 3.63) is 107 Å². The summed E-state index contributed by atoms with van der Waals surface area (Å²) in [5, 5.41) is 10.4. The highest BCUT2D eigenvalue weighted by molar-refractivity contribution is 7.12. The molecule has 3 heterocycles. The fraction of sp³-hybridized carbons (Fsp3) is 0.257. The number of nitrogens with zero attached hydrogens (tertiary/aromatic N) is 5. The number of para-hydroxylation sites is 1. The molecule has 0 bridgehead atoms. The third-order valence-corrected chi connectivity index (χ3v) is 8.92. The van der Waals surface area contributed by atoms with Gasteiger partial charge in [-0.3, -0.25) is 4.79 Å². The first kappa shape index (κ1) is 29.3. The molecule has 0 spiro atoms. The van der Waals surface area contributed by atoms with Crippen molar-refractivity contribution in [2.45, 2.75) is 39.7 Å². The lowest BCUT2D eigenvalue weighted by molar-refractivity contribution is 0.0590. The number of thiazole rings is 1. The van der Waals surface area contributed by atoms with E-state index in [0.29, 0.717) is 25.2 Å². The molecule has 9 heteroatoms.